The molecule has 0 aliphatic carbocycles. The Kier molecular flexibility index (Phi) is 3.49. The molecule has 0 saturated carbocycles. The number of nitrogens with one attached hydrogen (secondary N) is 1. The topological polar surface area (TPSA) is 24.9 Å². The van der Waals surface area contributed by atoms with Crippen molar-refractivity contribution in [2.45, 2.75) is 6.92 Å². The van der Waals surface area contributed by atoms with Crippen molar-refractivity contribution >= 4 is 34.1 Å². The number of hydrogen-bond acceptors (Lipinski definition) is 3. The fourth-order valence-corrected chi connectivity index (χ4v) is 1.01. The summed E-state index contributed by atoms with van der Waals surface area (Å²) in [7, 11) is 0. The summed E-state index contributed by atoms with van der Waals surface area (Å²) >= 11 is 6.49. The van der Waals surface area contributed by atoms with Crippen molar-refractivity contribution < 1.29 is 0 Å². The predicted molar refractivity (Wildman–Crippen MR) is 58.7 cm³/mol. The minimum Gasteiger partial charge on any atom is -0.326 e. The van der Waals surface area contributed by atoms with Crippen LogP contribution in [0.25, 0.3) is 0 Å². The highest BCUT2D eigenvalue weighted by Gasteiger charge is 1.95. The fraction of sp³-hybridized carbons (Fsp3) is 0.250. The van der Waals surface area contributed by atoms with Crippen molar-refractivity contribution in [1.29, 1.82) is 0 Å². The number of thiocarbonyl (C=S) groups is 1. The van der Waals surface area contributed by atoms with E-state index in [1.54, 1.807) is 0 Å². The van der Waals surface area contributed by atoms with Crippen LogP contribution in [-0.4, -0.2) is 15.6 Å². The van der Waals surface area contributed by atoms with Crippen LogP contribution in [0, 0.1) is 6.92 Å². The predicted octanol–water partition coefficient (Wildman–Crippen LogP) is 2.45. The molecule has 0 spiro atoms. The fourth-order valence-electron chi connectivity index (χ4n) is 0.697. The SMILES string of the molecule is CSC(=S)Nc1ccc(C)cn1. The number of aromatic nitrogens is 1. The quantitative estimate of drug-likeness (QED) is 0.701. The van der Waals surface area contributed by atoms with E-state index in [0.717, 1.165) is 15.7 Å². The van der Waals surface area contributed by atoms with E-state index >= 15 is 0 Å². The van der Waals surface area contributed by atoms with Gasteiger partial charge in [-0.05, 0) is 24.8 Å². The second kappa shape index (κ2) is 4.42. The Labute approximate surface area is 81.8 Å². The molecule has 1 heterocycles. The maximum atomic E-state index is 4.98. The van der Waals surface area contributed by atoms with Gasteiger partial charge in [0.2, 0.25) is 0 Å². The molecule has 0 fully saturated rings. The third-order valence-corrected chi connectivity index (χ3v) is 2.40. The molecule has 0 aliphatic heterocycles. The second-order valence-electron chi connectivity index (χ2n) is 2.34. The highest BCUT2D eigenvalue weighted by Crippen LogP contribution is 2.07. The molecule has 0 bridgehead atoms. The molecule has 1 aromatic heterocycles. The molecule has 1 aromatic rings. The third kappa shape index (κ3) is 2.79. The first-order chi connectivity index (χ1) is 5.72. The smallest absolute Gasteiger partial charge is 0.139 e. The van der Waals surface area contributed by atoms with Gasteiger partial charge in [0, 0.05) is 6.20 Å². The Morgan fingerprint density at radius 1 is 1.58 bits per heavy atom. The van der Waals surface area contributed by atoms with E-state index in [0.29, 0.717) is 0 Å². The maximum Gasteiger partial charge on any atom is 0.139 e. The van der Waals surface area contributed by atoms with Crippen LogP contribution in [0.4, 0.5) is 5.82 Å². The Balaban J connectivity index is 2.64. The second-order valence-corrected chi connectivity index (χ2v) is 3.82. The van der Waals surface area contributed by atoms with Crippen molar-refractivity contribution in [3.8, 4) is 0 Å². The van der Waals surface area contributed by atoms with Gasteiger partial charge in [0.15, 0.2) is 0 Å². The number of hydrogen-bond donors (Lipinski definition) is 1. The molecule has 0 atom stereocenters. The molecule has 4 heteroatoms. The van der Waals surface area contributed by atoms with E-state index in [1.807, 2.05) is 31.5 Å². The summed E-state index contributed by atoms with van der Waals surface area (Å²) in [4.78, 5) is 4.15. The number of nitrogens with zero attached hydrogens (tertiary/aromatic N) is 1. The highest BCUT2D eigenvalue weighted by atomic mass is 32.2. The number of anilines is 1. The molecular formula is C8H10N2S2. The standard InChI is InChI=1S/C8H10N2S2/c1-6-3-4-7(9-5-6)10-8(11)12-2/h3-5H,1-2H3,(H,9,10,11). The molecule has 2 nitrogen and oxygen atoms in total. The third-order valence-electron chi connectivity index (χ3n) is 1.33. The average molecular weight is 198 g/mol. The molecule has 0 aromatic carbocycles. The lowest BCUT2D eigenvalue weighted by Gasteiger charge is -2.03. The number of thioether (sulfide) groups is 1. The first kappa shape index (κ1) is 9.48. The molecule has 0 radical (unpaired) electrons. The molecule has 0 amide bonds. The van der Waals surface area contributed by atoms with Crippen LogP contribution < -0.4 is 5.32 Å². The molecular weight excluding hydrogens is 188 g/mol. The first-order valence-electron chi connectivity index (χ1n) is 3.50. The Bertz CT molecular complexity index is 269. The van der Waals surface area contributed by atoms with Crippen molar-refractivity contribution in [2.75, 3.05) is 11.6 Å². The van der Waals surface area contributed by atoms with Gasteiger partial charge in [0.25, 0.3) is 0 Å². The van der Waals surface area contributed by atoms with Crippen molar-refractivity contribution in [1.82, 2.24) is 4.98 Å². The largest absolute Gasteiger partial charge is 0.326 e. The van der Waals surface area contributed by atoms with Crippen molar-refractivity contribution in [3.05, 3.63) is 23.9 Å². The summed E-state index contributed by atoms with van der Waals surface area (Å²) in [6, 6.07) is 3.91. The first-order valence-corrected chi connectivity index (χ1v) is 5.13. The van der Waals surface area contributed by atoms with Gasteiger partial charge in [-0.25, -0.2) is 4.98 Å². The zero-order chi connectivity index (χ0) is 8.97. The van der Waals surface area contributed by atoms with Crippen LogP contribution in [0.3, 0.4) is 0 Å². The molecule has 0 aliphatic rings. The van der Waals surface area contributed by atoms with Gasteiger partial charge in [-0.15, -0.1) is 11.8 Å². The van der Waals surface area contributed by atoms with Gasteiger partial charge in [0.05, 0.1) is 0 Å². The lowest BCUT2D eigenvalue weighted by Crippen LogP contribution is -2.04. The number of pyridine rings is 1. The minimum absolute atomic E-state index is 0.742. The van der Waals surface area contributed by atoms with Crippen LogP contribution in [0.2, 0.25) is 0 Å². The normalized spacial score (nSPS) is 9.50. The summed E-state index contributed by atoms with van der Waals surface area (Å²) in [5.74, 6) is 0.806. The van der Waals surface area contributed by atoms with Gasteiger partial charge >= 0.3 is 0 Å². The molecule has 1 rings (SSSR count). The lowest BCUT2D eigenvalue weighted by atomic mass is 10.3. The number of aryl methyl sites for hydroxylation is 1. The van der Waals surface area contributed by atoms with Crippen LogP contribution in [-0.2, 0) is 0 Å². The van der Waals surface area contributed by atoms with E-state index in [4.69, 9.17) is 12.2 Å². The Morgan fingerprint density at radius 2 is 2.33 bits per heavy atom. The maximum absolute atomic E-state index is 4.98. The van der Waals surface area contributed by atoms with E-state index < -0.39 is 0 Å². The van der Waals surface area contributed by atoms with Crippen LogP contribution in [0.15, 0.2) is 18.3 Å². The van der Waals surface area contributed by atoms with Gasteiger partial charge < -0.3 is 5.32 Å². The molecule has 0 saturated heterocycles. The average Bonchev–Trinajstić information content (AvgIpc) is 2.09. The van der Waals surface area contributed by atoms with Crippen LogP contribution >= 0.6 is 24.0 Å². The highest BCUT2D eigenvalue weighted by molar-refractivity contribution is 8.22. The van der Waals surface area contributed by atoms with E-state index in [2.05, 4.69) is 10.3 Å². The van der Waals surface area contributed by atoms with Gasteiger partial charge in [-0.2, -0.15) is 0 Å². The molecule has 64 valence electrons. The summed E-state index contributed by atoms with van der Waals surface area (Å²) < 4.78 is 0.742. The minimum atomic E-state index is 0.742. The van der Waals surface area contributed by atoms with Gasteiger partial charge in [-0.1, -0.05) is 18.3 Å². The number of rotatable bonds is 1. The molecule has 1 N–H and O–H groups in total. The monoisotopic (exact) mass is 198 g/mol. The Hall–Kier alpha value is -0.610. The van der Waals surface area contributed by atoms with Crippen LogP contribution in [0.1, 0.15) is 5.56 Å². The van der Waals surface area contributed by atoms with E-state index in [1.165, 1.54) is 11.8 Å². The van der Waals surface area contributed by atoms with E-state index in [9.17, 15) is 0 Å². The molecule has 0 unspecified atom stereocenters. The zero-order valence-corrected chi connectivity index (χ0v) is 8.63. The van der Waals surface area contributed by atoms with Crippen LogP contribution in [0.5, 0.6) is 0 Å². The molecule has 12 heavy (non-hydrogen) atoms. The summed E-state index contributed by atoms with van der Waals surface area (Å²) in [6.45, 7) is 2.00. The van der Waals surface area contributed by atoms with Gasteiger partial charge in [-0.3, -0.25) is 0 Å². The summed E-state index contributed by atoms with van der Waals surface area (Å²) in [5.41, 5.74) is 1.15. The Morgan fingerprint density at radius 3 is 2.83 bits per heavy atom. The van der Waals surface area contributed by atoms with E-state index in [-0.39, 0.29) is 0 Å². The summed E-state index contributed by atoms with van der Waals surface area (Å²) in [5, 5.41) is 3.00. The lowest BCUT2D eigenvalue weighted by molar-refractivity contribution is 1.27. The van der Waals surface area contributed by atoms with Gasteiger partial charge in [0.1, 0.15) is 10.1 Å². The summed E-state index contributed by atoms with van der Waals surface area (Å²) in [6.07, 6.45) is 3.74. The van der Waals surface area contributed by atoms with Crippen molar-refractivity contribution in [3.63, 3.8) is 0 Å². The zero-order valence-electron chi connectivity index (χ0n) is 7.00. The van der Waals surface area contributed by atoms with Crippen molar-refractivity contribution in [2.24, 2.45) is 0 Å².